The number of sulfonamides is 1. The molecule has 1 aliphatic rings. The molecule has 0 saturated heterocycles. The molecule has 1 amide bonds. The molecule has 3 rings (SSSR count). The van der Waals surface area contributed by atoms with Crippen LogP contribution in [0, 0.1) is 0 Å². The maximum atomic E-state index is 12.7. The highest BCUT2D eigenvalue weighted by molar-refractivity contribution is 7.89. The van der Waals surface area contributed by atoms with E-state index in [1.165, 1.54) is 24.0 Å². The Balaban J connectivity index is 1.87. The number of carbonyl (C=O) groups is 1. The number of nitrogens with zero attached hydrogens (tertiary/aromatic N) is 3. The normalized spacial score (nSPS) is 15.3. The zero-order valence-corrected chi connectivity index (χ0v) is 15.5. The van der Waals surface area contributed by atoms with E-state index >= 15 is 0 Å². The van der Waals surface area contributed by atoms with Gasteiger partial charge in [0.1, 0.15) is 12.4 Å². The van der Waals surface area contributed by atoms with Gasteiger partial charge in [-0.25, -0.2) is 8.42 Å². The Morgan fingerprint density at radius 2 is 2.19 bits per heavy atom. The van der Waals surface area contributed by atoms with Crippen molar-refractivity contribution in [2.24, 2.45) is 0 Å². The molecule has 2 aromatic rings. The Morgan fingerprint density at radius 3 is 2.85 bits per heavy atom. The fraction of sp³-hybridized carbons (Fsp3) is 0.438. The molecule has 0 saturated carbocycles. The number of nitrogens with one attached hydrogen (secondary N) is 1. The summed E-state index contributed by atoms with van der Waals surface area (Å²) in [5.41, 5.74) is 0.435. The number of aryl methyl sites for hydroxylation is 1. The molecule has 1 aromatic heterocycles. The lowest BCUT2D eigenvalue weighted by Crippen LogP contribution is -2.36. The van der Waals surface area contributed by atoms with Gasteiger partial charge >= 0.3 is 0 Å². The molecule has 26 heavy (non-hydrogen) atoms. The molecule has 0 radical (unpaired) electrons. The molecule has 1 atom stereocenters. The molecule has 0 spiro atoms. The summed E-state index contributed by atoms with van der Waals surface area (Å²) in [6.07, 6.45) is 0.592. The minimum Gasteiger partial charge on any atom is -0.490 e. The number of hydrogen-bond donors (Lipinski definition) is 1. The highest BCUT2D eigenvalue weighted by Crippen LogP contribution is 2.34. The second-order valence-corrected chi connectivity index (χ2v) is 7.61. The third-order valence-corrected chi connectivity index (χ3v) is 5.52. The van der Waals surface area contributed by atoms with Gasteiger partial charge in [-0.2, -0.15) is 9.71 Å². The van der Waals surface area contributed by atoms with E-state index < -0.39 is 16.1 Å². The van der Waals surface area contributed by atoms with Gasteiger partial charge in [-0.1, -0.05) is 12.1 Å². The standard InChI is InChI=1S/C16H20N4O5S/c1-4-15-17-16(25-18-15)10(2)19-26(22,23)12-5-6-14-13(9-12)20(11(3)21)7-8-24-14/h5-6,9-10,19H,4,7-8H2,1-3H3. The molecule has 0 aliphatic carbocycles. The molecule has 2 heterocycles. The van der Waals surface area contributed by atoms with Gasteiger partial charge in [0, 0.05) is 13.3 Å². The Hall–Kier alpha value is -2.46. The predicted molar refractivity (Wildman–Crippen MR) is 92.4 cm³/mol. The van der Waals surface area contributed by atoms with Crippen molar-refractivity contribution in [1.29, 1.82) is 0 Å². The first-order valence-corrected chi connectivity index (χ1v) is 9.70. The van der Waals surface area contributed by atoms with E-state index in [0.29, 0.717) is 36.8 Å². The van der Waals surface area contributed by atoms with Crippen molar-refractivity contribution in [3.05, 3.63) is 29.9 Å². The summed E-state index contributed by atoms with van der Waals surface area (Å²) in [6.45, 7) is 5.66. The fourth-order valence-corrected chi connectivity index (χ4v) is 3.85. The third kappa shape index (κ3) is 3.56. The molecule has 140 valence electrons. The summed E-state index contributed by atoms with van der Waals surface area (Å²) in [5, 5.41) is 3.76. The molecule has 1 aromatic carbocycles. The number of benzene rings is 1. The van der Waals surface area contributed by atoms with Crippen molar-refractivity contribution in [2.45, 2.75) is 38.1 Å². The number of ether oxygens (including phenoxy) is 1. The second kappa shape index (κ2) is 7.04. The molecule has 9 nitrogen and oxygen atoms in total. The summed E-state index contributed by atoms with van der Waals surface area (Å²) in [6, 6.07) is 3.72. The number of anilines is 1. The third-order valence-electron chi connectivity index (χ3n) is 3.99. The van der Waals surface area contributed by atoms with Gasteiger partial charge in [-0.05, 0) is 25.1 Å². The van der Waals surface area contributed by atoms with Crippen molar-refractivity contribution >= 4 is 21.6 Å². The van der Waals surface area contributed by atoms with Gasteiger partial charge in [0.25, 0.3) is 0 Å². The van der Waals surface area contributed by atoms with Crippen LogP contribution in [-0.4, -0.2) is 37.6 Å². The maximum Gasteiger partial charge on any atom is 0.244 e. The van der Waals surface area contributed by atoms with Crippen LogP contribution in [0.2, 0.25) is 0 Å². The van der Waals surface area contributed by atoms with E-state index in [1.54, 1.807) is 13.0 Å². The molecule has 1 unspecified atom stereocenters. The molecular formula is C16H20N4O5S. The molecular weight excluding hydrogens is 360 g/mol. The highest BCUT2D eigenvalue weighted by atomic mass is 32.2. The first-order valence-electron chi connectivity index (χ1n) is 8.21. The van der Waals surface area contributed by atoms with E-state index in [-0.39, 0.29) is 16.7 Å². The number of carbonyl (C=O) groups excluding carboxylic acids is 1. The van der Waals surface area contributed by atoms with Crippen molar-refractivity contribution in [3.8, 4) is 5.75 Å². The lowest BCUT2D eigenvalue weighted by molar-refractivity contribution is -0.116. The largest absolute Gasteiger partial charge is 0.490 e. The van der Waals surface area contributed by atoms with Crippen LogP contribution in [0.15, 0.2) is 27.6 Å². The Morgan fingerprint density at radius 1 is 1.42 bits per heavy atom. The molecule has 0 fully saturated rings. The average Bonchev–Trinajstić information content (AvgIpc) is 3.09. The zero-order valence-electron chi connectivity index (χ0n) is 14.7. The Labute approximate surface area is 151 Å². The summed E-state index contributed by atoms with van der Waals surface area (Å²) in [7, 11) is -3.86. The molecule has 0 bridgehead atoms. The minimum atomic E-state index is -3.86. The van der Waals surface area contributed by atoms with Crippen LogP contribution in [0.4, 0.5) is 5.69 Å². The molecule has 1 aliphatic heterocycles. The van der Waals surface area contributed by atoms with E-state index in [9.17, 15) is 13.2 Å². The lowest BCUT2D eigenvalue weighted by Gasteiger charge is -2.29. The SMILES string of the molecule is CCc1noc(C(C)NS(=O)(=O)c2ccc3c(c2)N(C(C)=O)CCO3)n1. The van der Waals surface area contributed by atoms with E-state index in [4.69, 9.17) is 9.26 Å². The second-order valence-electron chi connectivity index (χ2n) is 5.89. The number of rotatable bonds is 5. The Bertz CT molecular complexity index is 924. The van der Waals surface area contributed by atoms with Crippen LogP contribution in [0.25, 0.3) is 0 Å². The lowest BCUT2D eigenvalue weighted by atomic mass is 10.2. The summed E-state index contributed by atoms with van der Waals surface area (Å²) < 4.78 is 38.5. The molecule has 1 N–H and O–H groups in total. The maximum absolute atomic E-state index is 12.7. The van der Waals surface area contributed by atoms with Crippen LogP contribution in [0.3, 0.4) is 0 Å². The van der Waals surface area contributed by atoms with E-state index in [1.807, 2.05) is 6.92 Å². The summed E-state index contributed by atoms with van der Waals surface area (Å²) >= 11 is 0. The number of hydrogen-bond acceptors (Lipinski definition) is 7. The van der Waals surface area contributed by atoms with Gasteiger partial charge in [0.15, 0.2) is 5.82 Å². The first-order chi connectivity index (χ1) is 12.3. The smallest absolute Gasteiger partial charge is 0.244 e. The van der Waals surface area contributed by atoms with Gasteiger partial charge in [0.2, 0.25) is 21.8 Å². The summed E-state index contributed by atoms with van der Waals surface area (Å²) in [5.74, 6) is 0.998. The van der Waals surface area contributed by atoms with Gasteiger partial charge in [-0.3, -0.25) is 4.79 Å². The van der Waals surface area contributed by atoms with Crippen LogP contribution in [0.1, 0.15) is 38.5 Å². The van der Waals surface area contributed by atoms with Gasteiger partial charge < -0.3 is 14.2 Å². The number of aromatic nitrogens is 2. The van der Waals surface area contributed by atoms with E-state index in [0.717, 1.165) is 0 Å². The van der Waals surface area contributed by atoms with Crippen LogP contribution in [-0.2, 0) is 21.2 Å². The van der Waals surface area contributed by atoms with Crippen LogP contribution < -0.4 is 14.4 Å². The number of fused-ring (bicyclic) bond motifs is 1. The van der Waals surface area contributed by atoms with Crippen molar-refractivity contribution in [2.75, 3.05) is 18.1 Å². The zero-order chi connectivity index (χ0) is 18.9. The van der Waals surface area contributed by atoms with Gasteiger partial charge in [-0.15, -0.1) is 0 Å². The fourth-order valence-electron chi connectivity index (χ4n) is 2.63. The van der Waals surface area contributed by atoms with Crippen LogP contribution >= 0.6 is 0 Å². The monoisotopic (exact) mass is 380 g/mol. The van der Waals surface area contributed by atoms with Crippen molar-refractivity contribution in [1.82, 2.24) is 14.9 Å². The summed E-state index contributed by atoms with van der Waals surface area (Å²) in [4.78, 5) is 17.4. The average molecular weight is 380 g/mol. The Kier molecular flexibility index (Phi) is 4.97. The topological polar surface area (TPSA) is 115 Å². The highest BCUT2D eigenvalue weighted by Gasteiger charge is 2.26. The van der Waals surface area contributed by atoms with E-state index in [2.05, 4.69) is 14.9 Å². The minimum absolute atomic E-state index is 0.0232. The molecule has 10 heteroatoms. The number of amides is 1. The van der Waals surface area contributed by atoms with Crippen molar-refractivity contribution in [3.63, 3.8) is 0 Å². The van der Waals surface area contributed by atoms with Crippen molar-refractivity contribution < 1.29 is 22.5 Å². The quantitative estimate of drug-likeness (QED) is 0.834. The predicted octanol–water partition coefficient (Wildman–Crippen LogP) is 1.42. The van der Waals surface area contributed by atoms with Gasteiger partial charge in [0.05, 0.1) is 23.2 Å². The van der Waals surface area contributed by atoms with Crippen LogP contribution in [0.5, 0.6) is 5.75 Å². The first kappa shape index (κ1) is 18.3.